The number of carboxylic acid groups (broad SMARTS) is 1. The van der Waals surface area contributed by atoms with Gasteiger partial charge in [0.15, 0.2) is 0 Å². The molecule has 0 atom stereocenters. The van der Waals surface area contributed by atoms with Gasteiger partial charge in [-0.25, -0.2) is 10.9 Å². The molecule has 1 N–H and O–H groups in total. The first-order valence-corrected chi connectivity index (χ1v) is 7.67. The third-order valence-corrected chi connectivity index (χ3v) is 4.64. The van der Waals surface area contributed by atoms with Gasteiger partial charge in [-0.15, -0.1) is 0 Å². The van der Waals surface area contributed by atoms with Crippen LogP contribution < -0.4 is 0 Å². The molecule has 2 aromatic rings. The predicted molar refractivity (Wildman–Crippen MR) is 69.7 cm³/mol. The Hall–Kier alpha value is -1.50. The molecule has 0 aliphatic rings. The molecule has 88 valence electrons. The summed E-state index contributed by atoms with van der Waals surface area (Å²) in [5.41, 5.74) is 0.789. The van der Waals surface area contributed by atoms with Crippen molar-refractivity contribution in [3.05, 3.63) is 45.0 Å². The largest absolute Gasteiger partial charge is 0.478 e. The quantitative estimate of drug-likeness (QED) is 0.850. The van der Waals surface area contributed by atoms with Crippen molar-refractivity contribution in [1.82, 2.24) is 0 Å². The van der Waals surface area contributed by atoms with Gasteiger partial charge in [0.2, 0.25) is 0 Å². The number of hydrogen-bond donors (Lipinski definition) is 1. The van der Waals surface area contributed by atoms with E-state index in [-0.39, 0.29) is 9.13 Å². The Labute approximate surface area is 104 Å². The van der Waals surface area contributed by atoms with Crippen LogP contribution in [0.15, 0.2) is 30.3 Å². The van der Waals surface area contributed by atoms with Gasteiger partial charge in [-0.1, -0.05) is 24.3 Å². The lowest BCUT2D eigenvalue weighted by Crippen LogP contribution is -2.01. The number of hydrogen-bond acceptors (Lipinski definition) is 3. The molecule has 0 saturated heterocycles. The number of aryl methyl sites for hydroxylation is 1. The van der Waals surface area contributed by atoms with E-state index in [1.54, 1.807) is 18.2 Å². The highest BCUT2D eigenvalue weighted by Crippen LogP contribution is 2.31. The van der Waals surface area contributed by atoms with Crippen LogP contribution in [0, 0.1) is 10.5 Å². The predicted octanol–water partition coefficient (Wildman–Crippen LogP) is 3.21. The fourth-order valence-corrected chi connectivity index (χ4v) is 3.64. The molecular weight excluding hydrogens is 335 g/mol. The summed E-state index contributed by atoms with van der Waals surface area (Å²) in [5, 5.41) is 10.3. The summed E-state index contributed by atoms with van der Waals surface area (Å²) in [7, 11) is 0. The molecule has 0 radical (unpaired) electrons. The molecule has 0 saturated carbocycles. The topological polar surface area (TPSA) is 71.4 Å². The van der Waals surface area contributed by atoms with E-state index in [0.29, 0.717) is 5.39 Å². The van der Waals surface area contributed by atoms with Crippen molar-refractivity contribution in [3.63, 3.8) is 0 Å². The van der Waals surface area contributed by atoms with Gasteiger partial charge in [-0.3, -0.25) is 0 Å². The van der Waals surface area contributed by atoms with E-state index in [4.69, 9.17) is 5.11 Å². The van der Waals surface area contributed by atoms with E-state index in [1.807, 2.05) is 13.0 Å². The summed E-state index contributed by atoms with van der Waals surface area (Å²) in [5.74, 6) is -1.21. The fraction of sp³-hybridized carbons (Fsp3) is 0.0833. The van der Waals surface area contributed by atoms with Crippen LogP contribution in [0.2, 0.25) is 0 Å². The molecule has 0 bridgehead atoms. The minimum atomic E-state index is -3.85. The van der Waals surface area contributed by atoms with Gasteiger partial charge >= 0.3 is 25.8 Å². The van der Waals surface area contributed by atoms with E-state index < -0.39 is 25.8 Å². The Kier molecular flexibility index (Phi) is 3.10. The molecule has 0 amide bonds. The Morgan fingerprint density at radius 3 is 2.41 bits per heavy atom. The maximum absolute atomic E-state index is 11.3. The normalized spacial score (nSPS) is 10.9. The number of halogens is 1. The lowest BCUT2D eigenvalue weighted by atomic mass is 10.0. The van der Waals surface area contributed by atoms with Crippen LogP contribution in [0.3, 0.4) is 0 Å². The smallest absolute Gasteiger partial charge is 0.342 e. The monoisotopic (exact) mass is 344 g/mol. The minimum Gasteiger partial charge on any atom is -0.478 e. The number of rotatable bonds is 2. The lowest BCUT2D eigenvalue weighted by molar-refractivity contribution is 0.0696. The molecule has 2 aromatic carbocycles. The molecule has 0 aliphatic heterocycles. The zero-order chi connectivity index (χ0) is 12.6. The highest BCUT2D eigenvalue weighted by Gasteiger charge is 2.17. The second-order valence-electron chi connectivity index (χ2n) is 3.62. The highest BCUT2D eigenvalue weighted by molar-refractivity contribution is 14.2. The van der Waals surface area contributed by atoms with Crippen molar-refractivity contribution in [3.8, 4) is 0 Å². The second-order valence-corrected chi connectivity index (χ2v) is 5.94. The van der Waals surface area contributed by atoms with Crippen LogP contribution in [-0.4, -0.2) is 11.1 Å². The summed E-state index contributed by atoms with van der Waals surface area (Å²) in [6.07, 6.45) is 0. The highest BCUT2D eigenvalue weighted by atomic mass is 127. The van der Waals surface area contributed by atoms with Crippen molar-refractivity contribution >= 4 is 36.5 Å². The molecule has 0 fully saturated rings. The molecule has 4 nitrogen and oxygen atoms in total. The van der Waals surface area contributed by atoms with Gasteiger partial charge in [0.25, 0.3) is 0 Å². The average Bonchev–Trinajstić information content (AvgIpc) is 2.27. The van der Waals surface area contributed by atoms with E-state index >= 15 is 0 Å². The van der Waals surface area contributed by atoms with Crippen LogP contribution in [-0.2, 0) is 6.14 Å². The Morgan fingerprint density at radius 2 is 1.82 bits per heavy atom. The zero-order valence-electron chi connectivity index (χ0n) is 8.94. The van der Waals surface area contributed by atoms with Crippen molar-refractivity contribution in [2.24, 2.45) is 0 Å². The summed E-state index contributed by atoms with van der Waals surface area (Å²) >= 11 is -3.85. The van der Waals surface area contributed by atoms with Crippen LogP contribution in [0.1, 0.15) is 15.9 Å². The van der Waals surface area contributed by atoms with E-state index in [1.165, 1.54) is 6.07 Å². The molecule has 0 heterocycles. The molecule has 0 unspecified atom stereocenters. The number of fused-ring (bicyclic) bond motifs is 1. The summed E-state index contributed by atoms with van der Waals surface area (Å²) in [6.45, 7) is 1.86. The Balaban J connectivity index is 3.00. The van der Waals surface area contributed by atoms with Crippen molar-refractivity contribution in [1.29, 1.82) is 0 Å². The Morgan fingerprint density at radius 1 is 1.12 bits per heavy atom. The van der Waals surface area contributed by atoms with Gasteiger partial charge < -0.3 is 5.11 Å². The number of carbonyl (C=O) groups is 1. The van der Waals surface area contributed by atoms with Gasteiger partial charge in [-0.2, -0.15) is 0 Å². The first-order chi connectivity index (χ1) is 8.02. The van der Waals surface area contributed by atoms with Crippen molar-refractivity contribution in [2.75, 3.05) is 0 Å². The van der Waals surface area contributed by atoms with Crippen LogP contribution >= 0.6 is 19.8 Å². The fourth-order valence-electron chi connectivity index (χ4n) is 1.81. The van der Waals surface area contributed by atoms with E-state index in [2.05, 4.69) is 0 Å². The minimum absolute atomic E-state index is 0.0251. The SMILES string of the molecule is Cc1cccc2c(I(=O)=O)c(C(=O)O)ccc12. The molecule has 0 aromatic heterocycles. The average molecular weight is 344 g/mol. The van der Waals surface area contributed by atoms with Gasteiger partial charge in [0.1, 0.15) is 0 Å². The summed E-state index contributed by atoms with van der Waals surface area (Å²) in [4.78, 5) is 11.0. The standard InChI is InChI=1S/C12H9IO4/c1-7-3-2-4-9-8(7)5-6-10(12(14)15)11(9)13(16)17/h2-6H,1H3,(H,14,15). The molecular formula is C12H9IO4. The summed E-state index contributed by atoms with van der Waals surface area (Å²) < 4.78 is 22.6. The molecule has 2 rings (SSSR count). The van der Waals surface area contributed by atoms with Crippen LogP contribution in [0.5, 0.6) is 0 Å². The van der Waals surface area contributed by atoms with Crippen molar-refractivity contribution < 1.29 is 16.0 Å². The van der Waals surface area contributed by atoms with Crippen LogP contribution in [0.25, 0.3) is 10.8 Å². The van der Waals surface area contributed by atoms with E-state index in [9.17, 15) is 10.9 Å². The number of carboxylic acids is 1. The van der Waals surface area contributed by atoms with Gasteiger partial charge in [0, 0.05) is 5.39 Å². The third-order valence-electron chi connectivity index (χ3n) is 2.60. The first-order valence-electron chi connectivity index (χ1n) is 4.83. The molecule has 5 heteroatoms. The van der Waals surface area contributed by atoms with E-state index in [0.717, 1.165) is 10.9 Å². The number of aromatic carboxylic acids is 1. The molecule has 17 heavy (non-hydrogen) atoms. The lowest BCUT2D eigenvalue weighted by Gasteiger charge is -2.06. The third kappa shape index (κ3) is 2.02. The van der Waals surface area contributed by atoms with Crippen LogP contribution in [0.4, 0.5) is 0 Å². The second kappa shape index (κ2) is 4.40. The first kappa shape index (κ1) is 12.0. The number of benzene rings is 2. The maximum Gasteiger partial charge on any atom is 0.342 e. The summed E-state index contributed by atoms with van der Waals surface area (Å²) in [6, 6.07) is 8.24. The van der Waals surface area contributed by atoms with Gasteiger partial charge in [-0.05, 0) is 23.9 Å². The molecule has 0 aliphatic carbocycles. The zero-order valence-corrected chi connectivity index (χ0v) is 11.1. The molecule has 0 spiro atoms. The van der Waals surface area contributed by atoms with Gasteiger partial charge in [0.05, 0.1) is 9.13 Å². The van der Waals surface area contributed by atoms with Crippen molar-refractivity contribution in [2.45, 2.75) is 6.92 Å². The maximum atomic E-state index is 11.3. The Bertz CT molecular complexity index is 678.